The van der Waals surface area contributed by atoms with Crippen LogP contribution in [0.3, 0.4) is 0 Å². The Bertz CT molecular complexity index is 756. The lowest BCUT2D eigenvalue weighted by Crippen LogP contribution is -2.40. The van der Waals surface area contributed by atoms with Crippen molar-refractivity contribution in [1.82, 2.24) is 9.88 Å². The van der Waals surface area contributed by atoms with E-state index in [2.05, 4.69) is 10.3 Å². The predicted octanol–water partition coefficient (Wildman–Crippen LogP) is 2.86. The second kappa shape index (κ2) is 8.58. The van der Waals surface area contributed by atoms with Crippen molar-refractivity contribution in [1.29, 1.82) is 0 Å². The molecule has 2 aromatic rings. The Morgan fingerprint density at radius 3 is 2.69 bits per heavy atom. The van der Waals surface area contributed by atoms with E-state index in [1.807, 2.05) is 23.1 Å². The number of carbonyl (C=O) groups excluding carboxylic acids is 2. The number of likely N-dealkylation sites (tertiary alicyclic amines) is 1. The molecule has 1 saturated heterocycles. The number of ether oxygens (including phenoxy) is 1. The van der Waals surface area contributed by atoms with E-state index in [0.717, 1.165) is 18.5 Å². The van der Waals surface area contributed by atoms with Gasteiger partial charge < -0.3 is 15.0 Å². The van der Waals surface area contributed by atoms with Gasteiger partial charge in [-0.1, -0.05) is 12.1 Å². The van der Waals surface area contributed by atoms with Crippen molar-refractivity contribution in [3.05, 3.63) is 59.9 Å². The van der Waals surface area contributed by atoms with Crippen LogP contribution >= 0.6 is 0 Å². The summed E-state index contributed by atoms with van der Waals surface area (Å²) < 4.78 is 5.92. The number of pyridine rings is 1. The van der Waals surface area contributed by atoms with Gasteiger partial charge in [0.1, 0.15) is 0 Å². The van der Waals surface area contributed by atoms with Crippen LogP contribution in [0.4, 0.5) is 5.69 Å². The number of anilines is 1. The van der Waals surface area contributed by atoms with Crippen LogP contribution in [0.15, 0.2) is 48.7 Å². The van der Waals surface area contributed by atoms with Crippen LogP contribution in [0.1, 0.15) is 35.8 Å². The molecule has 0 atom stereocenters. The molecule has 26 heavy (non-hydrogen) atoms. The van der Waals surface area contributed by atoms with Gasteiger partial charge in [0.15, 0.2) is 0 Å². The first-order valence-electron chi connectivity index (χ1n) is 8.80. The fourth-order valence-corrected chi connectivity index (χ4v) is 3.03. The third kappa shape index (κ3) is 4.89. The van der Waals surface area contributed by atoms with E-state index in [4.69, 9.17) is 4.74 Å². The van der Waals surface area contributed by atoms with Crippen molar-refractivity contribution < 1.29 is 14.3 Å². The fourth-order valence-electron chi connectivity index (χ4n) is 3.03. The van der Waals surface area contributed by atoms with Gasteiger partial charge in [0.05, 0.1) is 18.4 Å². The molecule has 0 aliphatic carbocycles. The number of nitrogens with one attached hydrogen (secondary N) is 1. The van der Waals surface area contributed by atoms with E-state index in [0.29, 0.717) is 30.9 Å². The predicted molar refractivity (Wildman–Crippen MR) is 98.7 cm³/mol. The number of nitrogens with zero attached hydrogens (tertiary/aromatic N) is 2. The summed E-state index contributed by atoms with van der Waals surface area (Å²) in [6.07, 6.45) is 3.52. The molecule has 0 bridgehead atoms. The number of benzene rings is 1. The van der Waals surface area contributed by atoms with Crippen LogP contribution < -0.4 is 5.32 Å². The first-order chi connectivity index (χ1) is 12.6. The molecule has 1 aliphatic rings. The Kier molecular flexibility index (Phi) is 5.96. The fraction of sp³-hybridized carbons (Fsp3) is 0.350. The number of hydrogen-bond donors (Lipinski definition) is 1. The van der Waals surface area contributed by atoms with Crippen molar-refractivity contribution in [3.63, 3.8) is 0 Å². The zero-order valence-corrected chi connectivity index (χ0v) is 14.9. The van der Waals surface area contributed by atoms with E-state index in [1.165, 1.54) is 6.92 Å². The van der Waals surface area contributed by atoms with Gasteiger partial charge in [0, 0.05) is 37.5 Å². The number of carbonyl (C=O) groups is 2. The maximum atomic E-state index is 12.7. The lowest BCUT2D eigenvalue weighted by Gasteiger charge is -2.32. The second-order valence-corrected chi connectivity index (χ2v) is 6.39. The Hall–Kier alpha value is -2.73. The van der Waals surface area contributed by atoms with Crippen molar-refractivity contribution in [2.75, 3.05) is 18.4 Å². The molecular weight excluding hydrogens is 330 g/mol. The molecule has 1 aromatic carbocycles. The lowest BCUT2D eigenvalue weighted by atomic mass is 10.1. The van der Waals surface area contributed by atoms with Crippen LogP contribution in [-0.4, -0.2) is 40.9 Å². The van der Waals surface area contributed by atoms with Gasteiger partial charge in [-0.25, -0.2) is 0 Å². The third-order valence-electron chi connectivity index (χ3n) is 4.35. The zero-order valence-electron chi connectivity index (χ0n) is 14.9. The maximum Gasteiger partial charge on any atom is 0.253 e. The van der Waals surface area contributed by atoms with Crippen LogP contribution in [0, 0.1) is 0 Å². The molecule has 6 nitrogen and oxygen atoms in total. The Morgan fingerprint density at radius 2 is 2.00 bits per heavy atom. The largest absolute Gasteiger partial charge is 0.372 e. The third-order valence-corrected chi connectivity index (χ3v) is 4.35. The molecule has 1 aromatic heterocycles. The highest BCUT2D eigenvalue weighted by molar-refractivity contribution is 5.96. The van der Waals surface area contributed by atoms with Gasteiger partial charge >= 0.3 is 0 Å². The first-order valence-corrected chi connectivity index (χ1v) is 8.80. The van der Waals surface area contributed by atoms with E-state index >= 15 is 0 Å². The summed E-state index contributed by atoms with van der Waals surface area (Å²) in [6.45, 7) is 3.27. The number of hydrogen-bond acceptors (Lipinski definition) is 4. The van der Waals surface area contributed by atoms with Gasteiger partial charge in [-0.05, 0) is 43.2 Å². The normalized spacial score (nSPS) is 14.9. The summed E-state index contributed by atoms with van der Waals surface area (Å²) >= 11 is 0. The summed E-state index contributed by atoms with van der Waals surface area (Å²) in [5.41, 5.74) is 2.14. The Labute approximate surface area is 153 Å². The van der Waals surface area contributed by atoms with Gasteiger partial charge in [-0.3, -0.25) is 14.6 Å². The number of piperidine rings is 1. The SMILES string of the molecule is CC(=O)Nc1cccc(C(=O)N2CCC(OCc3ccccn3)CC2)c1. The molecule has 1 N–H and O–H groups in total. The first kappa shape index (κ1) is 18.1. The summed E-state index contributed by atoms with van der Waals surface area (Å²) in [5, 5.41) is 2.71. The van der Waals surface area contributed by atoms with Crippen LogP contribution in [0.2, 0.25) is 0 Å². The van der Waals surface area contributed by atoms with Gasteiger partial charge in [-0.15, -0.1) is 0 Å². The average Bonchev–Trinajstić information content (AvgIpc) is 2.67. The maximum absolute atomic E-state index is 12.7. The molecule has 1 fully saturated rings. The van der Waals surface area contributed by atoms with Gasteiger partial charge in [0.25, 0.3) is 5.91 Å². The molecule has 2 amide bonds. The molecule has 0 radical (unpaired) electrons. The smallest absolute Gasteiger partial charge is 0.253 e. The summed E-state index contributed by atoms with van der Waals surface area (Å²) in [7, 11) is 0. The van der Waals surface area contributed by atoms with Crippen molar-refractivity contribution in [3.8, 4) is 0 Å². The topological polar surface area (TPSA) is 71.5 Å². The second-order valence-electron chi connectivity index (χ2n) is 6.39. The summed E-state index contributed by atoms with van der Waals surface area (Å²) in [4.78, 5) is 30.0. The zero-order chi connectivity index (χ0) is 18.4. The molecule has 6 heteroatoms. The van der Waals surface area contributed by atoms with Gasteiger partial charge in [-0.2, -0.15) is 0 Å². The van der Waals surface area contributed by atoms with Crippen molar-refractivity contribution in [2.45, 2.75) is 32.5 Å². The van der Waals surface area contributed by atoms with Crippen molar-refractivity contribution in [2.24, 2.45) is 0 Å². The molecular formula is C20H23N3O3. The minimum atomic E-state index is -0.152. The average molecular weight is 353 g/mol. The lowest BCUT2D eigenvalue weighted by molar-refractivity contribution is -0.114. The molecule has 0 unspecified atom stereocenters. The van der Waals surface area contributed by atoms with E-state index in [9.17, 15) is 9.59 Å². The van der Waals surface area contributed by atoms with Crippen LogP contribution in [-0.2, 0) is 16.1 Å². The molecule has 3 rings (SSSR count). The Balaban J connectivity index is 1.51. The number of rotatable bonds is 5. The quantitative estimate of drug-likeness (QED) is 0.897. The highest BCUT2D eigenvalue weighted by atomic mass is 16.5. The monoisotopic (exact) mass is 353 g/mol. The van der Waals surface area contributed by atoms with E-state index < -0.39 is 0 Å². The molecule has 0 saturated carbocycles. The summed E-state index contributed by atoms with van der Waals surface area (Å²) in [5.74, 6) is -0.166. The van der Waals surface area contributed by atoms with Crippen LogP contribution in [0.5, 0.6) is 0 Å². The van der Waals surface area contributed by atoms with Gasteiger partial charge in [0.2, 0.25) is 5.91 Å². The van der Waals surface area contributed by atoms with E-state index in [-0.39, 0.29) is 17.9 Å². The van der Waals surface area contributed by atoms with Crippen LogP contribution in [0.25, 0.3) is 0 Å². The molecule has 1 aliphatic heterocycles. The Morgan fingerprint density at radius 1 is 1.19 bits per heavy atom. The minimum Gasteiger partial charge on any atom is -0.372 e. The minimum absolute atomic E-state index is 0.0135. The highest BCUT2D eigenvalue weighted by Crippen LogP contribution is 2.19. The van der Waals surface area contributed by atoms with Crippen molar-refractivity contribution >= 4 is 17.5 Å². The summed E-state index contributed by atoms with van der Waals surface area (Å²) in [6, 6.07) is 12.8. The standard InChI is InChI=1S/C20H23N3O3/c1-15(24)22-17-7-4-5-16(13-17)20(25)23-11-8-19(9-12-23)26-14-18-6-2-3-10-21-18/h2-7,10,13,19H,8-9,11-12,14H2,1H3,(H,22,24). The number of amides is 2. The highest BCUT2D eigenvalue weighted by Gasteiger charge is 2.24. The molecule has 136 valence electrons. The number of aromatic nitrogens is 1. The molecule has 0 spiro atoms. The van der Waals surface area contributed by atoms with E-state index in [1.54, 1.807) is 30.5 Å². The molecule has 2 heterocycles.